The maximum Gasteiger partial charge on any atom is 0.255 e. The second-order valence-corrected chi connectivity index (χ2v) is 10.4. The van der Waals surface area contributed by atoms with Gasteiger partial charge in [-0.3, -0.25) is 14.5 Å². The van der Waals surface area contributed by atoms with Crippen LogP contribution in [0.25, 0.3) is 10.8 Å². The number of aryl methyl sites for hydroxylation is 2. The number of fused-ring (bicyclic) bond motifs is 3. The van der Waals surface area contributed by atoms with Crippen molar-refractivity contribution >= 4 is 51.4 Å². The van der Waals surface area contributed by atoms with Gasteiger partial charge < -0.3 is 5.32 Å². The number of benzene rings is 5. The van der Waals surface area contributed by atoms with E-state index in [0.717, 1.165) is 39.9 Å². The molecule has 0 spiro atoms. The third-order valence-electron chi connectivity index (χ3n) is 6.84. The van der Waals surface area contributed by atoms with Crippen molar-refractivity contribution in [2.75, 3.05) is 16.0 Å². The van der Waals surface area contributed by atoms with Gasteiger partial charge in [0.15, 0.2) is 0 Å². The highest BCUT2D eigenvalue weighted by molar-refractivity contribution is 8.00. The van der Waals surface area contributed by atoms with E-state index in [1.165, 1.54) is 22.9 Å². The van der Waals surface area contributed by atoms with Gasteiger partial charge in [-0.2, -0.15) is 0 Å². The van der Waals surface area contributed by atoms with Crippen LogP contribution in [0.15, 0.2) is 120 Å². The average Bonchev–Trinajstić information content (AvgIpc) is 3.13. The summed E-state index contributed by atoms with van der Waals surface area (Å²) in [5.41, 5.74) is 5.58. The van der Waals surface area contributed by atoms with E-state index in [0.29, 0.717) is 11.3 Å². The van der Waals surface area contributed by atoms with E-state index in [2.05, 4.69) is 17.4 Å². The smallest absolute Gasteiger partial charge is 0.255 e. The number of hydrogen-bond donors (Lipinski definition) is 1. The predicted octanol–water partition coefficient (Wildman–Crippen LogP) is 7.65. The molecular formula is C33H26N2O2S. The third kappa shape index (κ3) is 4.93. The largest absolute Gasteiger partial charge is 0.322 e. The zero-order chi connectivity index (χ0) is 25.9. The van der Waals surface area contributed by atoms with Gasteiger partial charge in [0.2, 0.25) is 5.91 Å². The molecule has 0 saturated carbocycles. The SMILES string of the molecule is O=C(Nc1cccc(SCC(=O)N2c3ccccc3CCc3ccccc32)c1)c1ccc2ccccc2c1. The fourth-order valence-corrected chi connectivity index (χ4v) is 5.76. The topological polar surface area (TPSA) is 49.4 Å². The van der Waals surface area contributed by atoms with Crippen LogP contribution in [0.5, 0.6) is 0 Å². The first-order valence-corrected chi connectivity index (χ1v) is 13.7. The Morgan fingerprint density at radius 1 is 0.684 bits per heavy atom. The maximum atomic E-state index is 13.6. The number of thioether (sulfide) groups is 1. The number of nitrogens with one attached hydrogen (secondary N) is 1. The summed E-state index contributed by atoms with van der Waals surface area (Å²) in [6.45, 7) is 0. The number of carbonyl (C=O) groups excluding carboxylic acids is 2. The van der Waals surface area contributed by atoms with Crippen molar-refractivity contribution in [3.05, 3.63) is 132 Å². The summed E-state index contributed by atoms with van der Waals surface area (Å²) in [7, 11) is 0. The van der Waals surface area contributed by atoms with Crippen molar-refractivity contribution in [3.63, 3.8) is 0 Å². The van der Waals surface area contributed by atoms with Crippen molar-refractivity contribution in [1.82, 2.24) is 0 Å². The molecule has 186 valence electrons. The van der Waals surface area contributed by atoms with Gasteiger partial charge in [0.25, 0.3) is 5.91 Å². The number of anilines is 3. The summed E-state index contributed by atoms with van der Waals surface area (Å²) in [6, 6.07) is 37.7. The summed E-state index contributed by atoms with van der Waals surface area (Å²) in [4.78, 5) is 29.4. The molecule has 0 aliphatic carbocycles. The first-order chi connectivity index (χ1) is 18.7. The van der Waals surface area contributed by atoms with Gasteiger partial charge >= 0.3 is 0 Å². The standard InChI is InChI=1S/C33H26N2O2S/c36-32(35-30-14-5-3-9-24(30)17-18-25-10-4-6-15-31(25)35)22-38-29-13-7-12-28(21-29)34-33(37)27-19-16-23-8-1-2-11-26(23)20-27/h1-16,19-21H,17-18,22H2,(H,34,37). The Morgan fingerprint density at radius 2 is 1.34 bits per heavy atom. The van der Waals surface area contributed by atoms with Gasteiger partial charge in [0, 0.05) is 16.1 Å². The van der Waals surface area contributed by atoms with E-state index in [1.807, 2.05) is 108 Å². The van der Waals surface area contributed by atoms with Gasteiger partial charge in [0.1, 0.15) is 0 Å². The van der Waals surface area contributed by atoms with E-state index < -0.39 is 0 Å². The predicted molar refractivity (Wildman–Crippen MR) is 157 cm³/mol. The minimum Gasteiger partial charge on any atom is -0.322 e. The Kier molecular flexibility index (Phi) is 6.67. The van der Waals surface area contributed by atoms with E-state index >= 15 is 0 Å². The monoisotopic (exact) mass is 514 g/mol. The Labute approximate surface area is 226 Å². The second-order valence-electron chi connectivity index (χ2n) is 9.32. The van der Waals surface area contributed by atoms with Crippen molar-refractivity contribution in [1.29, 1.82) is 0 Å². The molecule has 0 saturated heterocycles. The van der Waals surface area contributed by atoms with E-state index in [4.69, 9.17) is 0 Å². The first kappa shape index (κ1) is 24.0. The lowest BCUT2D eigenvalue weighted by molar-refractivity contribution is -0.115. The van der Waals surface area contributed by atoms with Gasteiger partial charge in [-0.15, -0.1) is 11.8 Å². The normalized spacial score (nSPS) is 12.4. The first-order valence-electron chi connectivity index (χ1n) is 12.7. The summed E-state index contributed by atoms with van der Waals surface area (Å²) >= 11 is 1.47. The Bertz CT molecular complexity index is 1610. The van der Waals surface area contributed by atoms with Gasteiger partial charge in [0.05, 0.1) is 17.1 Å². The number of rotatable bonds is 5. The maximum absolute atomic E-state index is 13.6. The summed E-state index contributed by atoms with van der Waals surface area (Å²) < 4.78 is 0. The summed E-state index contributed by atoms with van der Waals surface area (Å²) in [5.74, 6) is 0.152. The fraction of sp³-hybridized carbons (Fsp3) is 0.0909. The molecule has 0 fully saturated rings. The average molecular weight is 515 g/mol. The van der Waals surface area contributed by atoms with E-state index in [1.54, 1.807) is 0 Å². The highest BCUT2D eigenvalue weighted by Gasteiger charge is 2.25. The minimum atomic E-state index is -0.160. The lowest BCUT2D eigenvalue weighted by Gasteiger charge is -2.25. The van der Waals surface area contributed by atoms with Crippen LogP contribution >= 0.6 is 11.8 Å². The van der Waals surface area contributed by atoms with Gasteiger partial charge in [-0.05, 0) is 77.2 Å². The Morgan fingerprint density at radius 3 is 2.08 bits per heavy atom. The van der Waals surface area contributed by atoms with Crippen LogP contribution in [-0.4, -0.2) is 17.6 Å². The molecule has 0 atom stereocenters. The van der Waals surface area contributed by atoms with Gasteiger partial charge in [-0.25, -0.2) is 0 Å². The molecular weight excluding hydrogens is 488 g/mol. The van der Waals surface area contributed by atoms with Crippen LogP contribution in [0.2, 0.25) is 0 Å². The molecule has 1 N–H and O–H groups in total. The van der Waals surface area contributed by atoms with Crippen LogP contribution in [0.3, 0.4) is 0 Å². The van der Waals surface area contributed by atoms with Crippen molar-refractivity contribution in [2.45, 2.75) is 17.7 Å². The number of nitrogens with zero attached hydrogens (tertiary/aromatic N) is 1. The lowest BCUT2D eigenvalue weighted by Crippen LogP contribution is -2.28. The highest BCUT2D eigenvalue weighted by Crippen LogP contribution is 2.37. The molecule has 0 bridgehead atoms. The molecule has 1 aliphatic rings. The number of hydrogen-bond acceptors (Lipinski definition) is 3. The number of para-hydroxylation sites is 2. The van der Waals surface area contributed by atoms with Gasteiger partial charge in [-0.1, -0.05) is 72.8 Å². The fourth-order valence-electron chi connectivity index (χ4n) is 4.96. The molecule has 5 heteroatoms. The second kappa shape index (κ2) is 10.6. The Balaban J connectivity index is 1.18. The molecule has 1 heterocycles. The number of amides is 2. The molecule has 38 heavy (non-hydrogen) atoms. The number of carbonyl (C=O) groups is 2. The van der Waals surface area contributed by atoms with Crippen molar-refractivity contribution in [2.24, 2.45) is 0 Å². The molecule has 6 rings (SSSR count). The van der Waals surface area contributed by atoms with Crippen LogP contribution in [-0.2, 0) is 17.6 Å². The van der Waals surface area contributed by atoms with Crippen molar-refractivity contribution < 1.29 is 9.59 Å². The quantitative estimate of drug-likeness (QED) is 0.245. The molecule has 0 aromatic heterocycles. The Hall–Kier alpha value is -4.35. The summed E-state index contributed by atoms with van der Waals surface area (Å²) in [5, 5.41) is 5.13. The van der Waals surface area contributed by atoms with Crippen LogP contribution in [0, 0.1) is 0 Å². The molecule has 4 nitrogen and oxygen atoms in total. The molecule has 2 amide bonds. The molecule has 0 radical (unpaired) electrons. The minimum absolute atomic E-state index is 0.0300. The molecule has 1 aliphatic heterocycles. The third-order valence-corrected chi connectivity index (χ3v) is 7.82. The zero-order valence-electron chi connectivity index (χ0n) is 20.8. The molecule has 5 aromatic rings. The molecule has 5 aromatic carbocycles. The highest BCUT2D eigenvalue weighted by atomic mass is 32.2. The van der Waals surface area contributed by atoms with Crippen LogP contribution in [0.1, 0.15) is 21.5 Å². The van der Waals surface area contributed by atoms with Crippen LogP contribution in [0.4, 0.5) is 17.1 Å². The van der Waals surface area contributed by atoms with E-state index in [-0.39, 0.29) is 17.6 Å². The van der Waals surface area contributed by atoms with E-state index in [9.17, 15) is 9.59 Å². The van der Waals surface area contributed by atoms with Crippen LogP contribution < -0.4 is 10.2 Å². The zero-order valence-corrected chi connectivity index (χ0v) is 21.6. The summed E-state index contributed by atoms with van der Waals surface area (Å²) in [6.07, 6.45) is 1.81. The molecule has 0 unspecified atom stereocenters. The lowest BCUT2D eigenvalue weighted by atomic mass is 10.0. The van der Waals surface area contributed by atoms with Crippen molar-refractivity contribution in [3.8, 4) is 0 Å².